The van der Waals surface area contributed by atoms with Gasteiger partial charge < -0.3 is 20.7 Å². The minimum Gasteiger partial charge on any atom is -0.479 e. The predicted molar refractivity (Wildman–Crippen MR) is 106 cm³/mol. The number of hydrogen-bond donors (Lipinski definition) is 3. The number of aryl methyl sites for hydroxylation is 1. The van der Waals surface area contributed by atoms with Gasteiger partial charge >= 0.3 is 0 Å². The normalized spacial score (nSPS) is 16.8. The molecule has 26 heavy (non-hydrogen) atoms. The maximum Gasteiger partial charge on any atom is 0.265 e. The molecule has 2 unspecified atom stereocenters. The molecule has 1 heterocycles. The average molecular weight is 418 g/mol. The summed E-state index contributed by atoms with van der Waals surface area (Å²) < 4.78 is 6.36. The number of rotatable bonds is 4. The molecular formula is C19H20BrN3O3. The molecule has 2 amide bonds. The van der Waals surface area contributed by atoms with Crippen LogP contribution in [0.25, 0.3) is 0 Å². The molecule has 0 aliphatic carbocycles. The average Bonchev–Trinajstić information content (AvgIpc) is 2.58. The second kappa shape index (κ2) is 7.37. The highest BCUT2D eigenvalue weighted by Gasteiger charge is 2.24. The molecule has 0 fully saturated rings. The maximum atomic E-state index is 12.4. The Bertz CT molecular complexity index is 869. The number of hydrogen-bond acceptors (Lipinski definition) is 4. The van der Waals surface area contributed by atoms with Gasteiger partial charge in [0, 0.05) is 10.2 Å². The first-order valence-corrected chi connectivity index (χ1v) is 9.08. The molecule has 0 spiro atoms. The van der Waals surface area contributed by atoms with Gasteiger partial charge in [-0.3, -0.25) is 9.59 Å². The van der Waals surface area contributed by atoms with Crippen molar-refractivity contribution in [3.05, 3.63) is 46.4 Å². The van der Waals surface area contributed by atoms with E-state index in [4.69, 9.17) is 4.74 Å². The van der Waals surface area contributed by atoms with E-state index in [1.54, 1.807) is 26.0 Å². The van der Waals surface area contributed by atoms with Gasteiger partial charge in [-0.1, -0.05) is 6.07 Å². The number of amides is 2. The number of fused-ring (bicyclic) bond motifs is 1. The second-order valence-corrected chi connectivity index (χ2v) is 7.15. The Labute approximate surface area is 160 Å². The molecule has 0 aromatic heterocycles. The maximum absolute atomic E-state index is 12.4. The summed E-state index contributed by atoms with van der Waals surface area (Å²) in [5.41, 5.74) is 3.13. The molecule has 0 saturated carbocycles. The van der Waals surface area contributed by atoms with Gasteiger partial charge in [0.1, 0.15) is 11.8 Å². The Morgan fingerprint density at radius 3 is 2.77 bits per heavy atom. The van der Waals surface area contributed by atoms with Gasteiger partial charge in [0.25, 0.3) is 5.91 Å². The number of carbonyl (C=O) groups excluding carboxylic acids is 2. The SMILES string of the molecule is Cc1ccc(NC(=O)C(C)Nc2ccc3c(c2)NC(=O)C(C)O3)c(Br)c1. The summed E-state index contributed by atoms with van der Waals surface area (Å²) in [7, 11) is 0. The molecule has 2 atom stereocenters. The van der Waals surface area contributed by atoms with Crippen molar-refractivity contribution in [3.8, 4) is 5.75 Å². The lowest BCUT2D eigenvalue weighted by Crippen LogP contribution is -2.34. The lowest BCUT2D eigenvalue weighted by Gasteiger charge is -2.24. The van der Waals surface area contributed by atoms with Gasteiger partial charge in [-0.05, 0) is 72.6 Å². The fourth-order valence-electron chi connectivity index (χ4n) is 2.58. The third kappa shape index (κ3) is 3.99. The van der Waals surface area contributed by atoms with E-state index in [9.17, 15) is 9.59 Å². The van der Waals surface area contributed by atoms with Crippen LogP contribution < -0.4 is 20.7 Å². The zero-order valence-corrected chi connectivity index (χ0v) is 16.3. The van der Waals surface area contributed by atoms with Crippen molar-refractivity contribution < 1.29 is 14.3 Å². The van der Waals surface area contributed by atoms with Crippen molar-refractivity contribution in [2.75, 3.05) is 16.0 Å². The van der Waals surface area contributed by atoms with Crippen LogP contribution in [0.3, 0.4) is 0 Å². The Morgan fingerprint density at radius 2 is 2.04 bits per heavy atom. The molecule has 3 N–H and O–H groups in total. The number of benzene rings is 2. The van der Waals surface area contributed by atoms with Crippen LogP contribution in [-0.4, -0.2) is 24.0 Å². The molecule has 2 aromatic rings. The zero-order valence-electron chi connectivity index (χ0n) is 14.7. The minimum atomic E-state index is -0.515. The van der Waals surface area contributed by atoms with Crippen LogP contribution in [-0.2, 0) is 9.59 Å². The lowest BCUT2D eigenvalue weighted by molar-refractivity contribution is -0.122. The number of halogens is 1. The molecule has 6 nitrogen and oxygen atoms in total. The summed E-state index contributed by atoms with van der Waals surface area (Å²) in [4.78, 5) is 24.2. The summed E-state index contributed by atoms with van der Waals surface area (Å²) in [6.07, 6.45) is -0.515. The van der Waals surface area contributed by atoms with Gasteiger partial charge in [0.05, 0.1) is 11.4 Å². The van der Waals surface area contributed by atoms with Gasteiger partial charge in [0.15, 0.2) is 6.10 Å². The van der Waals surface area contributed by atoms with Crippen LogP contribution in [0, 0.1) is 6.92 Å². The highest BCUT2D eigenvalue weighted by molar-refractivity contribution is 9.10. The van der Waals surface area contributed by atoms with Crippen molar-refractivity contribution in [2.24, 2.45) is 0 Å². The zero-order chi connectivity index (χ0) is 18.8. The van der Waals surface area contributed by atoms with Crippen LogP contribution in [0.5, 0.6) is 5.75 Å². The first-order chi connectivity index (χ1) is 12.3. The third-order valence-corrected chi connectivity index (χ3v) is 4.73. The summed E-state index contributed by atoms with van der Waals surface area (Å²) in [6, 6.07) is 10.6. The van der Waals surface area contributed by atoms with Crippen molar-refractivity contribution in [3.63, 3.8) is 0 Å². The Balaban J connectivity index is 1.68. The Kier molecular flexibility index (Phi) is 5.18. The van der Waals surface area contributed by atoms with E-state index in [-0.39, 0.29) is 11.8 Å². The fourth-order valence-corrected chi connectivity index (χ4v) is 3.17. The molecule has 0 radical (unpaired) electrons. The molecule has 3 rings (SSSR count). The number of carbonyl (C=O) groups is 2. The van der Waals surface area contributed by atoms with E-state index >= 15 is 0 Å². The second-order valence-electron chi connectivity index (χ2n) is 6.30. The molecule has 1 aliphatic rings. The summed E-state index contributed by atoms with van der Waals surface area (Å²) >= 11 is 3.45. The van der Waals surface area contributed by atoms with E-state index in [0.717, 1.165) is 10.0 Å². The van der Waals surface area contributed by atoms with E-state index < -0.39 is 12.1 Å². The van der Waals surface area contributed by atoms with E-state index in [0.29, 0.717) is 22.8 Å². The van der Waals surface area contributed by atoms with Gasteiger partial charge in [0.2, 0.25) is 5.91 Å². The fraction of sp³-hybridized carbons (Fsp3) is 0.263. The molecule has 0 saturated heterocycles. The van der Waals surface area contributed by atoms with E-state index in [1.165, 1.54) is 0 Å². The number of ether oxygens (including phenoxy) is 1. The van der Waals surface area contributed by atoms with Gasteiger partial charge in [-0.2, -0.15) is 0 Å². The quantitative estimate of drug-likeness (QED) is 0.704. The highest BCUT2D eigenvalue weighted by Crippen LogP contribution is 2.32. The molecule has 136 valence electrons. The number of nitrogens with one attached hydrogen (secondary N) is 3. The minimum absolute atomic E-state index is 0.166. The van der Waals surface area contributed by atoms with E-state index in [2.05, 4.69) is 31.9 Å². The van der Waals surface area contributed by atoms with Gasteiger partial charge in [-0.25, -0.2) is 0 Å². The topological polar surface area (TPSA) is 79.5 Å². The standard InChI is InChI=1S/C19H20BrN3O3/c1-10-4-6-15(14(20)8-10)22-18(24)11(2)21-13-5-7-17-16(9-13)23-19(25)12(3)26-17/h4-9,11-12,21H,1-3H3,(H,22,24)(H,23,25). The molecule has 7 heteroatoms. The molecule has 1 aliphatic heterocycles. The predicted octanol–water partition coefficient (Wildman–Crippen LogP) is 3.92. The molecule has 0 bridgehead atoms. The van der Waals surface area contributed by atoms with Crippen molar-refractivity contribution in [1.29, 1.82) is 0 Å². The molecular weight excluding hydrogens is 398 g/mol. The van der Waals surface area contributed by atoms with Crippen LogP contribution in [0.15, 0.2) is 40.9 Å². The Morgan fingerprint density at radius 1 is 1.27 bits per heavy atom. The van der Waals surface area contributed by atoms with Crippen LogP contribution in [0.1, 0.15) is 19.4 Å². The summed E-state index contributed by atoms with van der Waals surface area (Å²) in [5, 5.41) is 8.82. The molecule has 2 aromatic carbocycles. The Hall–Kier alpha value is -2.54. The highest BCUT2D eigenvalue weighted by atomic mass is 79.9. The monoisotopic (exact) mass is 417 g/mol. The van der Waals surface area contributed by atoms with Gasteiger partial charge in [-0.15, -0.1) is 0 Å². The van der Waals surface area contributed by atoms with Crippen LogP contribution in [0.4, 0.5) is 17.1 Å². The van der Waals surface area contributed by atoms with Crippen molar-refractivity contribution in [1.82, 2.24) is 0 Å². The lowest BCUT2D eigenvalue weighted by atomic mass is 10.2. The van der Waals surface area contributed by atoms with E-state index in [1.807, 2.05) is 31.2 Å². The first kappa shape index (κ1) is 18.3. The number of anilines is 3. The summed E-state index contributed by atoms with van der Waals surface area (Å²) in [5.74, 6) is 0.259. The summed E-state index contributed by atoms with van der Waals surface area (Å²) in [6.45, 7) is 5.45. The largest absolute Gasteiger partial charge is 0.479 e. The smallest absolute Gasteiger partial charge is 0.265 e. The van der Waals surface area contributed by atoms with Crippen molar-refractivity contribution in [2.45, 2.75) is 32.9 Å². The third-order valence-electron chi connectivity index (χ3n) is 4.07. The van der Waals surface area contributed by atoms with Crippen LogP contribution in [0.2, 0.25) is 0 Å². The van der Waals surface area contributed by atoms with Crippen LogP contribution >= 0.6 is 15.9 Å². The van der Waals surface area contributed by atoms with Crippen molar-refractivity contribution >= 4 is 44.8 Å². The first-order valence-electron chi connectivity index (χ1n) is 8.28.